The predicted octanol–water partition coefficient (Wildman–Crippen LogP) is 3.05. The topological polar surface area (TPSA) is 53.4 Å². The first-order valence-corrected chi connectivity index (χ1v) is 7.07. The molecule has 0 bridgehead atoms. The lowest BCUT2D eigenvalue weighted by Gasteiger charge is -2.20. The summed E-state index contributed by atoms with van der Waals surface area (Å²) in [4.78, 5) is 17.2. The highest BCUT2D eigenvalue weighted by atomic mass is 79.9. The average Bonchev–Trinajstić information content (AvgIpc) is 2.89. The second-order valence-electron chi connectivity index (χ2n) is 4.88. The number of pyridine rings is 1. The Morgan fingerprint density at radius 2 is 2.30 bits per heavy atom. The number of carboxylic acid groups (broad SMARTS) is 1. The summed E-state index contributed by atoms with van der Waals surface area (Å²) in [5.41, 5.74) is 1.47. The molecule has 1 saturated heterocycles. The number of aromatic nitrogens is 1. The number of carboxylic acids is 1. The van der Waals surface area contributed by atoms with Crippen molar-refractivity contribution in [2.75, 3.05) is 18.0 Å². The van der Waals surface area contributed by atoms with E-state index in [0.717, 1.165) is 11.1 Å². The standard InChI is InChI=1S/C14H12BrFN2O2/c15-10-5-9-12(6-11(10)16)17-3-1-13(9)18-4-2-8(7-18)14(19)20/h1,3,5-6,8H,2,4,7H2,(H,19,20). The van der Waals surface area contributed by atoms with Crippen LogP contribution in [0.15, 0.2) is 28.9 Å². The zero-order chi connectivity index (χ0) is 14.3. The molecule has 1 aromatic heterocycles. The SMILES string of the molecule is O=C(O)C1CCN(c2ccnc3cc(F)c(Br)cc23)C1. The Kier molecular flexibility index (Phi) is 3.33. The van der Waals surface area contributed by atoms with Crippen LogP contribution in [0.4, 0.5) is 10.1 Å². The molecule has 1 aliphatic heterocycles. The molecule has 20 heavy (non-hydrogen) atoms. The summed E-state index contributed by atoms with van der Waals surface area (Å²) < 4.78 is 13.9. The van der Waals surface area contributed by atoms with Crippen LogP contribution in [0.1, 0.15) is 6.42 Å². The van der Waals surface area contributed by atoms with E-state index in [2.05, 4.69) is 20.9 Å². The van der Waals surface area contributed by atoms with Gasteiger partial charge in [0.2, 0.25) is 0 Å². The minimum Gasteiger partial charge on any atom is -0.481 e. The molecule has 1 aliphatic rings. The summed E-state index contributed by atoms with van der Waals surface area (Å²) in [5, 5.41) is 9.90. The van der Waals surface area contributed by atoms with Crippen molar-refractivity contribution < 1.29 is 14.3 Å². The maximum Gasteiger partial charge on any atom is 0.308 e. The van der Waals surface area contributed by atoms with Gasteiger partial charge in [-0.25, -0.2) is 4.39 Å². The Labute approximate surface area is 123 Å². The van der Waals surface area contributed by atoms with Gasteiger partial charge in [0.25, 0.3) is 0 Å². The third kappa shape index (κ3) is 2.24. The van der Waals surface area contributed by atoms with Crippen LogP contribution in [0.3, 0.4) is 0 Å². The van der Waals surface area contributed by atoms with Gasteiger partial charge in [-0.15, -0.1) is 0 Å². The number of carbonyl (C=O) groups is 1. The van der Waals surface area contributed by atoms with E-state index in [-0.39, 0.29) is 11.7 Å². The molecule has 0 saturated carbocycles. The summed E-state index contributed by atoms with van der Waals surface area (Å²) in [7, 11) is 0. The zero-order valence-corrected chi connectivity index (χ0v) is 12.1. The van der Waals surface area contributed by atoms with Crippen molar-refractivity contribution in [1.29, 1.82) is 0 Å². The number of halogens is 2. The van der Waals surface area contributed by atoms with Crippen LogP contribution >= 0.6 is 15.9 Å². The van der Waals surface area contributed by atoms with E-state index in [1.54, 1.807) is 12.3 Å². The van der Waals surface area contributed by atoms with Gasteiger partial charge in [0.15, 0.2) is 0 Å². The lowest BCUT2D eigenvalue weighted by molar-refractivity contribution is -0.140. The first kappa shape index (κ1) is 13.3. The normalized spacial score (nSPS) is 18.7. The number of anilines is 1. The molecule has 2 heterocycles. The molecule has 4 nitrogen and oxygen atoms in total. The summed E-state index contributed by atoms with van der Waals surface area (Å²) >= 11 is 3.18. The summed E-state index contributed by atoms with van der Waals surface area (Å²) in [5.74, 6) is -1.47. The van der Waals surface area contributed by atoms with E-state index in [1.807, 2.05) is 11.0 Å². The van der Waals surface area contributed by atoms with Gasteiger partial charge in [-0.1, -0.05) is 0 Å². The van der Waals surface area contributed by atoms with Crippen molar-refractivity contribution >= 4 is 38.5 Å². The molecule has 0 amide bonds. The number of hydrogen-bond donors (Lipinski definition) is 1. The molecule has 1 atom stereocenters. The van der Waals surface area contributed by atoms with Crippen LogP contribution in [0.25, 0.3) is 10.9 Å². The number of rotatable bonds is 2. The quantitative estimate of drug-likeness (QED) is 0.914. The van der Waals surface area contributed by atoms with E-state index in [4.69, 9.17) is 5.11 Å². The number of nitrogens with zero attached hydrogens (tertiary/aromatic N) is 2. The van der Waals surface area contributed by atoms with Crippen LogP contribution in [0.2, 0.25) is 0 Å². The van der Waals surface area contributed by atoms with E-state index < -0.39 is 5.97 Å². The Bertz CT molecular complexity index is 692. The lowest BCUT2D eigenvalue weighted by Crippen LogP contribution is -2.22. The van der Waals surface area contributed by atoms with Crippen molar-refractivity contribution in [3.63, 3.8) is 0 Å². The fourth-order valence-corrected chi connectivity index (χ4v) is 2.93. The lowest BCUT2D eigenvalue weighted by atomic mass is 10.1. The molecule has 1 fully saturated rings. The smallest absolute Gasteiger partial charge is 0.308 e. The molecule has 6 heteroatoms. The van der Waals surface area contributed by atoms with Crippen molar-refractivity contribution in [2.45, 2.75) is 6.42 Å². The zero-order valence-electron chi connectivity index (χ0n) is 10.5. The maximum atomic E-state index is 13.5. The van der Waals surface area contributed by atoms with Crippen molar-refractivity contribution in [1.82, 2.24) is 4.98 Å². The molecular weight excluding hydrogens is 327 g/mol. The van der Waals surface area contributed by atoms with Gasteiger partial charge in [-0.2, -0.15) is 0 Å². The van der Waals surface area contributed by atoms with Crippen LogP contribution in [0, 0.1) is 11.7 Å². The second-order valence-corrected chi connectivity index (χ2v) is 5.74. The molecule has 2 aromatic rings. The summed E-state index contributed by atoms with van der Waals surface area (Å²) in [6.07, 6.45) is 2.25. The second kappa shape index (κ2) is 5.01. The van der Waals surface area contributed by atoms with Crippen molar-refractivity contribution in [3.05, 3.63) is 34.7 Å². The van der Waals surface area contributed by atoms with Gasteiger partial charge in [-0.05, 0) is 34.5 Å². The van der Waals surface area contributed by atoms with E-state index >= 15 is 0 Å². The first-order chi connectivity index (χ1) is 9.56. The molecule has 0 spiro atoms. The fraction of sp³-hybridized carbons (Fsp3) is 0.286. The average molecular weight is 339 g/mol. The third-order valence-electron chi connectivity index (χ3n) is 3.64. The van der Waals surface area contributed by atoms with Crippen molar-refractivity contribution in [2.24, 2.45) is 5.92 Å². The third-order valence-corrected chi connectivity index (χ3v) is 4.25. The summed E-state index contributed by atoms with van der Waals surface area (Å²) in [6, 6.07) is 4.92. The Hall–Kier alpha value is -1.69. The van der Waals surface area contributed by atoms with Crippen LogP contribution < -0.4 is 4.90 Å². The van der Waals surface area contributed by atoms with Crippen molar-refractivity contribution in [3.8, 4) is 0 Å². The minimum absolute atomic E-state index is 0.345. The number of benzene rings is 1. The van der Waals surface area contributed by atoms with Gasteiger partial charge in [-0.3, -0.25) is 9.78 Å². The monoisotopic (exact) mass is 338 g/mol. The van der Waals surface area contributed by atoms with E-state index in [1.165, 1.54) is 6.07 Å². The Morgan fingerprint density at radius 3 is 3.00 bits per heavy atom. The summed E-state index contributed by atoms with van der Waals surface area (Å²) in [6.45, 7) is 1.16. The molecular formula is C14H12BrFN2O2. The van der Waals surface area contributed by atoms with E-state index in [0.29, 0.717) is 29.5 Å². The van der Waals surface area contributed by atoms with Gasteiger partial charge < -0.3 is 10.0 Å². The molecule has 0 aliphatic carbocycles. The van der Waals surface area contributed by atoms with Gasteiger partial charge in [0.1, 0.15) is 5.82 Å². The molecule has 3 rings (SSSR count). The van der Waals surface area contributed by atoms with Crippen LogP contribution in [-0.4, -0.2) is 29.1 Å². The number of fused-ring (bicyclic) bond motifs is 1. The Morgan fingerprint density at radius 1 is 1.50 bits per heavy atom. The molecule has 1 aromatic carbocycles. The van der Waals surface area contributed by atoms with Crippen LogP contribution in [0.5, 0.6) is 0 Å². The maximum absolute atomic E-state index is 13.5. The highest BCUT2D eigenvalue weighted by Crippen LogP contribution is 2.32. The fourth-order valence-electron chi connectivity index (χ4n) is 2.58. The first-order valence-electron chi connectivity index (χ1n) is 6.28. The van der Waals surface area contributed by atoms with Gasteiger partial charge in [0.05, 0.1) is 15.9 Å². The van der Waals surface area contributed by atoms with Gasteiger partial charge >= 0.3 is 5.97 Å². The predicted molar refractivity (Wildman–Crippen MR) is 77.4 cm³/mol. The highest BCUT2D eigenvalue weighted by Gasteiger charge is 2.29. The van der Waals surface area contributed by atoms with Gasteiger partial charge in [0, 0.05) is 36.4 Å². The molecule has 104 valence electrons. The van der Waals surface area contributed by atoms with E-state index in [9.17, 15) is 9.18 Å². The largest absolute Gasteiger partial charge is 0.481 e. The number of hydrogen-bond acceptors (Lipinski definition) is 3. The van der Waals surface area contributed by atoms with Crippen LogP contribution in [-0.2, 0) is 4.79 Å². The number of aliphatic carboxylic acids is 1. The highest BCUT2D eigenvalue weighted by molar-refractivity contribution is 9.10. The molecule has 1 unspecified atom stereocenters. The minimum atomic E-state index is -0.766. The molecule has 1 N–H and O–H groups in total. The Balaban J connectivity index is 2.04. The molecule has 0 radical (unpaired) electrons.